The van der Waals surface area contributed by atoms with Crippen molar-refractivity contribution in [3.05, 3.63) is 59.1 Å². The highest BCUT2D eigenvalue weighted by Gasteiger charge is 2.06. The summed E-state index contributed by atoms with van der Waals surface area (Å²) in [4.78, 5) is 4.52. The quantitative estimate of drug-likeness (QED) is 0.637. The molecule has 0 unspecified atom stereocenters. The Hall–Kier alpha value is -2.79. The van der Waals surface area contributed by atoms with Crippen LogP contribution in [0.5, 0.6) is 17.2 Å². The minimum Gasteiger partial charge on any atom is -0.504 e. The van der Waals surface area contributed by atoms with E-state index in [1.807, 2.05) is 35.7 Å². The summed E-state index contributed by atoms with van der Waals surface area (Å²) in [7, 11) is 0. The number of hydrogen-bond donors (Lipinski definition) is 3. The molecule has 0 aliphatic carbocycles. The van der Waals surface area contributed by atoms with Crippen LogP contribution < -0.4 is 0 Å². The fourth-order valence-electron chi connectivity index (χ4n) is 1.98. The summed E-state index contributed by atoms with van der Waals surface area (Å²) in [5.74, 6) is -1.23. The van der Waals surface area contributed by atoms with Crippen LogP contribution in [0.25, 0.3) is 22.7 Å². The van der Waals surface area contributed by atoms with Gasteiger partial charge in [-0.2, -0.15) is 0 Å². The average molecular weight is 311 g/mol. The summed E-state index contributed by atoms with van der Waals surface area (Å²) in [5.41, 5.74) is 2.42. The lowest BCUT2D eigenvalue weighted by molar-refractivity contribution is 0.368. The van der Waals surface area contributed by atoms with Gasteiger partial charge in [0.1, 0.15) is 5.01 Å². The Kier molecular flexibility index (Phi) is 3.80. The number of aromatic nitrogens is 1. The molecule has 3 aromatic rings. The number of phenolic OH excluding ortho intramolecular Hbond substituents is 3. The first-order chi connectivity index (χ1) is 10.6. The van der Waals surface area contributed by atoms with E-state index in [1.54, 1.807) is 23.5 Å². The molecule has 110 valence electrons. The van der Waals surface area contributed by atoms with Gasteiger partial charge in [-0.05, 0) is 23.8 Å². The minimum atomic E-state index is -0.517. The van der Waals surface area contributed by atoms with E-state index in [4.69, 9.17) is 0 Å². The molecule has 0 radical (unpaired) electrons. The summed E-state index contributed by atoms with van der Waals surface area (Å²) in [6.07, 6.45) is 3.50. The predicted molar refractivity (Wildman–Crippen MR) is 87.9 cm³/mol. The molecule has 0 bridgehead atoms. The lowest BCUT2D eigenvalue weighted by Gasteiger charge is -2.01. The van der Waals surface area contributed by atoms with Gasteiger partial charge in [-0.15, -0.1) is 11.3 Å². The maximum atomic E-state index is 9.47. The maximum Gasteiger partial charge on any atom is 0.200 e. The molecule has 0 saturated heterocycles. The van der Waals surface area contributed by atoms with E-state index in [9.17, 15) is 15.3 Å². The molecule has 4 nitrogen and oxygen atoms in total. The number of aromatic hydroxyl groups is 3. The molecule has 0 aliphatic heterocycles. The van der Waals surface area contributed by atoms with E-state index in [2.05, 4.69) is 4.98 Å². The Bertz CT molecular complexity index is 802. The highest BCUT2D eigenvalue weighted by molar-refractivity contribution is 7.13. The second-order valence-corrected chi connectivity index (χ2v) is 5.54. The summed E-state index contributed by atoms with van der Waals surface area (Å²) in [5, 5.41) is 31.1. The number of phenols is 3. The van der Waals surface area contributed by atoms with Crippen molar-refractivity contribution in [2.24, 2.45) is 0 Å². The van der Waals surface area contributed by atoms with Gasteiger partial charge in [0.05, 0.1) is 5.69 Å². The minimum absolute atomic E-state index is 0.358. The van der Waals surface area contributed by atoms with Crippen LogP contribution in [0.3, 0.4) is 0 Å². The first-order valence-electron chi connectivity index (χ1n) is 6.57. The second kappa shape index (κ2) is 5.91. The first kappa shape index (κ1) is 14.2. The van der Waals surface area contributed by atoms with Crippen molar-refractivity contribution in [2.45, 2.75) is 0 Å². The normalized spacial score (nSPS) is 11.1. The molecular weight excluding hydrogens is 298 g/mol. The lowest BCUT2D eigenvalue weighted by atomic mass is 10.1. The van der Waals surface area contributed by atoms with Crippen LogP contribution in [0, 0.1) is 0 Å². The Morgan fingerprint density at radius 3 is 2.27 bits per heavy atom. The molecule has 0 saturated carbocycles. The molecule has 1 heterocycles. The van der Waals surface area contributed by atoms with Gasteiger partial charge in [0.15, 0.2) is 17.2 Å². The van der Waals surface area contributed by atoms with E-state index in [0.29, 0.717) is 5.56 Å². The molecule has 0 aliphatic rings. The lowest BCUT2D eigenvalue weighted by Crippen LogP contribution is -1.78. The third-order valence-corrected chi connectivity index (χ3v) is 3.99. The van der Waals surface area contributed by atoms with Crippen LogP contribution in [-0.2, 0) is 0 Å². The average Bonchev–Trinajstić information content (AvgIpc) is 3.00. The molecule has 3 N–H and O–H groups in total. The molecule has 22 heavy (non-hydrogen) atoms. The fourth-order valence-corrected chi connectivity index (χ4v) is 2.77. The van der Waals surface area contributed by atoms with E-state index < -0.39 is 5.75 Å². The van der Waals surface area contributed by atoms with Gasteiger partial charge in [0, 0.05) is 10.9 Å². The van der Waals surface area contributed by atoms with Gasteiger partial charge in [-0.1, -0.05) is 36.4 Å². The van der Waals surface area contributed by atoms with Crippen molar-refractivity contribution < 1.29 is 15.3 Å². The van der Waals surface area contributed by atoms with Gasteiger partial charge >= 0.3 is 0 Å². The molecule has 2 aromatic carbocycles. The molecule has 0 fully saturated rings. The van der Waals surface area contributed by atoms with Crippen molar-refractivity contribution in [1.82, 2.24) is 4.98 Å². The maximum absolute atomic E-state index is 9.47. The van der Waals surface area contributed by atoms with Crippen LogP contribution >= 0.6 is 11.3 Å². The third-order valence-electron chi connectivity index (χ3n) is 3.08. The Morgan fingerprint density at radius 2 is 1.59 bits per heavy atom. The largest absolute Gasteiger partial charge is 0.504 e. The molecule has 0 amide bonds. The first-order valence-corrected chi connectivity index (χ1v) is 7.45. The van der Waals surface area contributed by atoms with Gasteiger partial charge in [-0.25, -0.2) is 4.98 Å². The van der Waals surface area contributed by atoms with Crippen LogP contribution in [-0.4, -0.2) is 20.3 Å². The summed E-state index contributed by atoms with van der Waals surface area (Å²) in [6.45, 7) is 0. The van der Waals surface area contributed by atoms with Crippen LogP contribution in [0.1, 0.15) is 11.3 Å². The summed E-state index contributed by atoms with van der Waals surface area (Å²) < 4.78 is 0. The summed E-state index contributed by atoms with van der Waals surface area (Å²) in [6, 6.07) is 12.6. The molecule has 0 spiro atoms. The number of hydrogen-bond acceptors (Lipinski definition) is 5. The molecule has 5 heteroatoms. The molecule has 1 aromatic heterocycles. The van der Waals surface area contributed by atoms with E-state index >= 15 is 0 Å². The molecule has 3 rings (SSSR count). The van der Waals surface area contributed by atoms with Gasteiger partial charge < -0.3 is 15.3 Å². The van der Waals surface area contributed by atoms with Crippen molar-refractivity contribution in [3.8, 4) is 27.8 Å². The monoisotopic (exact) mass is 311 g/mol. The van der Waals surface area contributed by atoms with Crippen LogP contribution in [0.4, 0.5) is 0 Å². The van der Waals surface area contributed by atoms with Gasteiger partial charge in [0.2, 0.25) is 0 Å². The zero-order valence-corrected chi connectivity index (χ0v) is 12.3. The van der Waals surface area contributed by atoms with Gasteiger partial charge in [-0.3, -0.25) is 0 Å². The molecular formula is C17H13NO3S. The number of rotatable bonds is 3. The van der Waals surface area contributed by atoms with Crippen molar-refractivity contribution >= 4 is 23.5 Å². The van der Waals surface area contributed by atoms with E-state index in [-0.39, 0.29) is 11.5 Å². The van der Waals surface area contributed by atoms with Crippen LogP contribution in [0.15, 0.2) is 47.8 Å². The van der Waals surface area contributed by atoms with E-state index in [0.717, 1.165) is 16.3 Å². The standard InChI is InChI=1S/C17H13NO3S/c19-14-8-11(9-15(20)16(14)21)6-7-13-10-22-17(18-13)12-4-2-1-3-5-12/h1-10,19-21H/b7-6-. The van der Waals surface area contributed by atoms with Gasteiger partial charge in [0.25, 0.3) is 0 Å². The Labute approximate surface area is 131 Å². The topological polar surface area (TPSA) is 73.6 Å². The third kappa shape index (κ3) is 2.94. The van der Waals surface area contributed by atoms with Crippen molar-refractivity contribution in [2.75, 3.05) is 0 Å². The number of thiazole rings is 1. The van der Waals surface area contributed by atoms with Crippen molar-refractivity contribution in [1.29, 1.82) is 0 Å². The van der Waals surface area contributed by atoms with E-state index in [1.165, 1.54) is 12.1 Å². The second-order valence-electron chi connectivity index (χ2n) is 4.68. The number of nitrogens with zero attached hydrogens (tertiary/aromatic N) is 1. The number of benzene rings is 2. The fraction of sp³-hybridized carbons (Fsp3) is 0. The van der Waals surface area contributed by atoms with Crippen LogP contribution in [0.2, 0.25) is 0 Å². The SMILES string of the molecule is Oc1cc(/C=C\c2csc(-c3ccccc3)n2)cc(O)c1O. The predicted octanol–water partition coefficient (Wildman–Crippen LogP) is 4.10. The highest BCUT2D eigenvalue weighted by atomic mass is 32.1. The summed E-state index contributed by atoms with van der Waals surface area (Å²) >= 11 is 1.55. The Balaban J connectivity index is 1.83. The highest BCUT2D eigenvalue weighted by Crippen LogP contribution is 2.36. The Morgan fingerprint density at radius 1 is 0.909 bits per heavy atom. The van der Waals surface area contributed by atoms with Crippen molar-refractivity contribution in [3.63, 3.8) is 0 Å². The molecule has 0 atom stereocenters. The zero-order valence-electron chi connectivity index (χ0n) is 11.5. The zero-order chi connectivity index (χ0) is 15.5. The smallest absolute Gasteiger partial charge is 0.200 e.